The van der Waals surface area contributed by atoms with E-state index < -0.39 is 10.0 Å². The van der Waals surface area contributed by atoms with Gasteiger partial charge in [-0.2, -0.15) is 0 Å². The van der Waals surface area contributed by atoms with E-state index in [9.17, 15) is 13.2 Å². The Bertz CT molecular complexity index is 1110. The average molecular weight is 456 g/mol. The third-order valence-corrected chi connectivity index (χ3v) is 6.41. The quantitative estimate of drug-likeness (QED) is 0.590. The van der Waals surface area contributed by atoms with Crippen molar-refractivity contribution in [3.63, 3.8) is 0 Å². The van der Waals surface area contributed by atoms with Gasteiger partial charge in [-0.1, -0.05) is 41.4 Å². The van der Waals surface area contributed by atoms with Crippen molar-refractivity contribution in [3.05, 3.63) is 69.1 Å². The third-order valence-electron chi connectivity index (χ3n) is 3.85. The molecule has 3 N–H and O–H groups in total. The lowest BCUT2D eigenvalue weighted by atomic mass is 10.1. The molecule has 0 atom stereocenters. The van der Waals surface area contributed by atoms with Crippen LogP contribution in [0.1, 0.15) is 16.1 Å². The number of nitrogens with two attached hydrogens (primary N) is 1. The molecule has 0 radical (unpaired) electrons. The summed E-state index contributed by atoms with van der Waals surface area (Å²) in [4.78, 5) is 16.7. The van der Waals surface area contributed by atoms with Gasteiger partial charge >= 0.3 is 0 Å². The molecule has 1 heterocycles. The molecule has 0 aliphatic carbocycles. The fourth-order valence-electron chi connectivity index (χ4n) is 2.40. The van der Waals surface area contributed by atoms with Gasteiger partial charge < -0.3 is 5.32 Å². The summed E-state index contributed by atoms with van der Waals surface area (Å²) in [7, 11) is -3.71. The van der Waals surface area contributed by atoms with Gasteiger partial charge in [0.1, 0.15) is 10.7 Å². The average Bonchev–Trinajstić information content (AvgIpc) is 3.14. The van der Waals surface area contributed by atoms with Gasteiger partial charge in [-0.15, -0.1) is 11.3 Å². The van der Waals surface area contributed by atoms with E-state index in [0.717, 1.165) is 11.1 Å². The highest BCUT2D eigenvalue weighted by Gasteiger charge is 2.13. The predicted molar refractivity (Wildman–Crippen MR) is 111 cm³/mol. The molecule has 2 aromatic carbocycles. The minimum atomic E-state index is -3.71. The molecule has 0 saturated heterocycles. The highest BCUT2D eigenvalue weighted by atomic mass is 35.5. The molecule has 0 aliphatic heterocycles. The molecular weight excluding hydrogens is 441 g/mol. The number of aromatic nitrogens is 1. The van der Waals surface area contributed by atoms with Gasteiger partial charge in [0.2, 0.25) is 10.0 Å². The normalized spacial score (nSPS) is 11.4. The summed E-state index contributed by atoms with van der Waals surface area (Å²) in [6.45, 7) is 0.382. The zero-order chi connectivity index (χ0) is 20.3. The first kappa shape index (κ1) is 20.8. The maximum atomic E-state index is 12.3. The van der Waals surface area contributed by atoms with Gasteiger partial charge in [-0.05, 0) is 36.2 Å². The second kappa shape index (κ2) is 8.59. The Hall–Kier alpha value is -1.97. The van der Waals surface area contributed by atoms with Crippen LogP contribution in [0.5, 0.6) is 0 Å². The molecule has 0 spiro atoms. The summed E-state index contributed by atoms with van der Waals surface area (Å²) >= 11 is 13.3. The van der Waals surface area contributed by atoms with Crippen molar-refractivity contribution in [1.29, 1.82) is 0 Å². The predicted octanol–water partition coefficient (Wildman–Crippen LogP) is 3.74. The van der Waals surface area contributed by atoms with Gasteiger partial charge in [-0.25, -0.2) is 18.5 Å². The Morgan fingerprint density at radius 1 is 1.11 bits per heavy atom. The summed E-state index contributed by atoms with van der Waals surface area (Å²) < 4.78 is 22.5. The number of hydrogen-bond donors (Lipinski definition) is 2. The first-order valence-corrected chi connectivity index (χ1v) is 11.2. The standard InChI is InChI=1S/C18H15Cl2N3O3S2/c19-14-6-3-12(9-15(14)20)18-23-16(10-27-18)17(24)22-8-7-11-1-4-13(5-2-11)28(21,25)26/h1-6,9-10H,7-8H2,(H,22,24)(H2,21,25,26). The van der Waals surface area contributed by atoms with E-state index in [1.165, 1.54) is 23.5 Å². The number of nitrogens with one attached hydrogen (secondary N) is 1. The number of primary sulfonamides is 1. The lowest BCUT2D eigenvalue weighted by molar-refractivity contribution is 0.0950. The Kier molecular flexibility index (Phi) is 6.36. The molecule has 0 bridgehead atoms. The monoisotopic (exact) mass is 455 g/mol. The SMILES string of the molecule is NS(=O)(=O)c1ccc(CCNC(=O)c2csc(-c3ccc(Cl)c(Cl)c3)n2)cc1. The summed E-state index contributed by atoms with van der Waals surface area (Å²) in [5, 5.41) is 11.1. The zero-order valence-corrected chi connectivity index (χ0v) is 17.5. The highest BCUT2D eigenvalue weighted by Crippen LogP contribution is 2.30. The van der Waals surface area contributed by atoms with Crippen LogP contribution in [0.15, 0.2) is 52.7 Å². The summed E-state index contributed by atoms with van der Waals surface area (Å²) in [6, 6.07) is 11.4. The van der Waals surface area contributed by atoms with Crippen molar-refractivity contribution < 1.29 is 13.2 Å². The molecule has 146 valence electrons. The summed E-state index contributed by atoms with van der Waals surface area (Å²) in [6.07, 6.45) is 0.542. The van der Waals surface area contributed by atoms with Crippen LogP contribution >= 0.6 is 34.5 Å². The molecule has 0 aliphatic rings. The maximum Gasteiger partial charge on any atom is 0.270 e. The van der Waals surface area contributed by atoms with E-state index in [2.05, 4.69) is 10.3 Å². The number of hydrogen-bond acceptors (Lipinski definition) is 5. The van der Waals surface area contributed by atoms with E-state index in [0.29, 0.717) is 33.7 Å². The van der Waals surface area contributed by atoms with E-state index in [4.69, 9.17) is 28.3 Å². The molecule has 0 fully saturated rings. The molecule has 0 saturated carbocycles. The molecule has 3 aromatic rings. The second-order valence-corrected chi connectivity index (χ2v) is 9.10. The Morgan fingerprint density at radius 3 is 2.46 bits per heavy atom. The number of rotatable bonds is 6. The smallest absolute Gasteiger partial charge is 0.270 e. The molecule has 1 aromatic heterocycles. The Labute approximate surface area is 176 Å². The summed E-state index contributed by atoms with van der Waals surface area (Å²) in [5.41, 5.74) is 1.98. The van der Waals surface area contributed by atoms with Gasteiger partial charge in [0.25, 0.3) is 5.91 Å². The van der Waals surface area contributed by atoms with Gasteiger partial charge in [0, 0.05) is 17.5 Å². The molecule has 3 rings (SSSR count). The van der Waals surface area contributed by atoms with E-state index >= 15 is 0 Å². The molecule has 1 amide bonds. The fraction of sp³-hybridized carbons (Fsp3) is 0.111. The van der Waals surface area contributed by atoms with Crippen LogP contribution < -0.4 is 10.5 Å². The largest absolute Gasteiger partial charge is 0.350 e. The number of nitrogens with zero attached hydrogens (tertiary/aromatic N) is 1. The van der Waals surface area contributed by atoms with E-state index in [1.807, 2.05) is 0 Å². The van der Waals surface area contributed by atoms with E-state index in [-0.39, 0.29) is 10.8 Å². The van der Waals surface area contributed by atoms with Gasteiger partial charge in [0.15, 0.2) is 0 Å². The number of benzene rings is 2. The summed E-state index contributed by atoms with van der Waals surface area (Å²) in [5.74, 6) is -0.288. The van der Waals surface area contributed by atoms with Crippen molar-refractivity contribution in [2.24, 2.45) is 5.14 Å². The number of amides is 1. The van der Waals surface area contributed by atoms with Crippen LogP contribution in [-0.2, 0) is 16.4 Å². The minimum Gasteiger partial charge on any atom is -0.350 e. The van der Waals surface area contributed by atoms with Crippen molar-refractivity contribution >= 4 is 50.5 Å². The van der Waals surface area contributed by atoms with Crippen molar-refractivity contribution in [2.45, 2.75) is 11.3 Å². The fourth-order valence-corrected chi connectivity index (χ4v) is 4.01. The first-order chi connectivity index (χ1) is 13.2. The van der Waals surface area contributed by atoms with Crippen LogP contribution in [0, 0.1) is 0 Å². The van der Waals surface area contributed by atoms with Crippen LogP contribution in [0.3, 0.4) is 0 Å². The lowest BCUT2D eigenvalue weighted by Crippen LogP contribution is -2.26. The topological polar surface area (TPSA) is 102 Å². The number of thiazole rings is 1. The Morgan fingerprint density at radius 2 is 1.82 bits per heavy atom. The van der Waals surface area contributed by atoms with Crippen LogP contribution in [0.25, 0.3) is 10.6 Å². The van der Waals surface area contributed by atoms with Crippen molar-refractivity contribution in [3.8, 4) is 10.6 Å². The minimum absolute atomic E-state index is 0.0533. The number of sulfonamides is 1. The van der Waals surface area contributed by atoms with Crippen LogP contribution in [0.2, 0.25) is 10.0 Å². The van der Waals surface area contributed by atoms with Gasteiger partial charge in [-0.3, -0.25) is 4.79 Å². The van der Waals surface area contributed by atoms with Crippen LogP contribution in [0.4, 0.5) is 0 Å². The molecule has 28 heavy (non-hydrogen) atoms. The van der Waals surface area contributed by atoms with E-state index in [1.54, 1.807) is 35.7 Å². The number of carbonyl (C=O) groups is 1. The molecular formula is C18H15Cl2N3O3S2. The zero-order valence-electron chi connectivity index (χ0n) is 14.4. The molecule has 0 unspecified atom stereocenters. The van der Waals surface area contributed by atoms with Crippen molar-refractivity contribution in [1.82, 2.24) is 10.3 Å². The third kappa shape index (κ3) is 5.09. The van der Waals surface area contributed by atoms with Crippen LogP contribution in [-0.4, -0.2) is 25.9 Å². The lowest BCUT2D eigenvalue weighted by Gasteiger charge is -2.05. The highest BCUT2D eigenvalue weighted by molar-refractivity contribution is 7.89. The number of carbonyl (C=O) groups excluding carboxylic acids is 1. The van der Waals surface area contributed by atoms with Gasteiger partial charge in [0.05, 0.1) is 14.9 Å². The number of halogens is 2. The maximum absolute atomic E-state index is 12.3. The Balaban J connectivity index is 1.58. The molecule has 10 heteroatoms. The van der Waals surface area contributed by atoms with Crippen molar-refractivity contribution in [2.75, 3.05) is 6.54 Å². The first-order valence-electron chi connectivity index (χ1n) is 8.05. The molecule has 6 nitrogen and oxygen atoms in total. The second-order valence-electron chi connectivity index (χ2n) is 5.86.